The largest absolute Gasteiger partial charge is 0.508 e. The number of rotatable bonds is 9. The molecule has 0 aromatic carbocycles. The molecule has 2 N–H and O–H groups in total. The topological polar surface area (TPSA) is 83.8 Å². The molecule has 6 heteroatoms. The first-order valence-corrected chi connectivity index (χ1v) is 6.94. The van der Waals surface area contributed by atoms with E-state index >= 15 is 0 Å². The van der Waals surface area contributed by atoms with Crippen molar-refractivity contribution in [2.45, 2.75) is 32.3 Å². The van der Waals surface area contributed by atoms with Crippen molar-refractivity contribution in [1.29, 1.82) is 0 Å². The molecule has 0 aliphatic carbocycles. The minimum absolute atomic E-state index is 0.201. The molecule has 1 atom stereocenters. The number of aliphatic carboxylic acids is 1. The molecule has 0 amide bonds. The third-order valence-electron chi connectivity index (χ3n) is 2.45. The van der Waals surface area contributed by atoms with Crippen molar-refractivity contribution in [3.8, 4) is 0 Å². The Morgan fingerprint density at radius 2 is 1.86 bits per heavy atom. The van der Waals surface area contributed by atoms with E-state index in [2.05, 4.69) is 0 Å². The Morgan fingerprint density at radius 1 is 1.24 bits per heavy atom. The van der Waals surface area contributed by atoms with Gasteiger partial charge >= 0.3 is 11.9 Å². The van der Waals surface area contributed by atoms with Gasteiger partial charge < -0.3 is 19.4 Å². The van der Waals surface area contributed by atoms with Gasteiger partial charge in [0.2, 0.25) is 0 Å². The van der Waals surface area contributed by atoms with E-state index in [1.54, 1.807) is 6.08 Å². The van der Waals surface area contributed by atoms with Crippen LogP contribution >= 0.6 is 0 Å². The van der Waals surface area contributed by atoms with Crippen LogP contribution in [-0.4, -0.2) is 60.4 Å². The molecule has 0 aromatic rings. The van der Waals surface area contributed by atoms with Crippen molar-refractivity contribution >= 4 is 11.9 Å². The summed E-state index contributed by atoms with van der Waals surface area (Å²) >= 11 is 0. The van der Waals surface area contributed by atoms with Crippen molar-refractivity contribution < 1.29 is 29.0 Å². The highest BCUT2D eigenvalue weighted by molar-refractivity contribution is 5.83. The van der Waals surface area contributed by atoms with Crippen LogP contribution in [0.1, 0.15) is 26.2 Å². The predicted molar refractivity (Wildman–Crippen MR) is 79.8 cm³/mol. The van der Waals surface area contributed by atoms with Gasteiger partial charge in [-0.25, -0.2) is 4.79 Å². The summed E-state index contributed by atoms with van der Waals surface area (Å²) < 4.78 is 5.58. The molecule has 6 nitrogen and oxygen atoms in total. The molecule has 0 rings (SSSR count). The van der Waals surface area contributed by atoms with Gasteiger partial charge in [0.25, 0.3) is 0 Å². The predicted octanol–water partition coefficient (Wildman–Crippen LogP) is 1.88. The quantitative estimate of drug-likeness (QED) is 0.223. The number of quaternary nitrogens is 1. The number of carbonyl (C=O) groups is 2. The molecule has 0 bridgehead atoms. The number of ether oxygens (including phenoxy) is 1. The number of allylic oxidation sites excluding steroid dienone is 2. The van der Waals surface area contributed by atoms with Gasteiger partial charge in [-0.1, -0.05) is 19.4 Å². The van der Waals surface area contributed by atoms with Crippen molar-refractivity contribution in [3.05, 3.63) is 24.0 Å². The van der Waals surface area contributed by atoms with Crippen LogP contribution in [0.5, 0.6) is 0 Å². The highest BCUT2D eigenvalue weighted by Crippen LogP contribution is 2.07. The molecular weight excluding hydrogens is 274 g/mol. The van der Waals surface area contributed by atoms with Gasteiger partial charge in [-0.2, -0.15) is 0 Å². The number of carboxylic acids is 1. The number of hydrogen-bond donors (Lipinski definition) is 2. The van der Waals surface area contributed by atoms with Crippen LogP contribution in [0, 0.1) is 0 Å². The van der Waals surface area contributed by atoms with Gasteiger partial charge in [-0.3, -0.25) is 4.79 Å². The summed E-state index contributed by atoms with van der Waals surface area (Å²) in [5.74, 6) is -1.97. The lowest BCUT2D eigenvalue weighted by Crippen LogP contribution is -2.43. The molecule has 0 aromatic heterocycles. The van der Waals surface area contributed by atoms with Crippen LogP contribution in [-0.2, 0) is 14.3 Å². The standard InChI is InChI=1S/C15H25NO5/c1-5-6-7-8-12(17)9-15(20)21-13(10-14(18)19)11-16(2,3)4/h7-9,13H,5-6,10-11H2,1-4H3,(H-,17,18,19,20)/p+1/b8-7+. The zero-order valence-corrected chi connectivity index (χ0v) is 13.2. The van der Waals surface area contributed by atoms with Crippen LogP contribution in [0.4, 0.5) is 0 Å². The van der Waals surface area contributed by atoms with E-state index in [4.69, 9.17) is 9.84 Å². The number of esters is 1. The summed E-state index contributed by atoms with van der Waals surface area (Å²) in [7, 11) is 5.64. The fraction of sp³-hybridized carbons (Fsp3) is 0.600. The van der Waals surface area contributed by atoms with Gasteiger partial charge in [-0.05, 0) is 12.5 Å². The van der Waals surface area contributed by atoms with E-state index in [1.165, 1.54) is 6.08 Å². The summed E-state index contributed by atoms with van der Waals surface area (Å²) in [6.45, 7) is 2.37. The number of likely N-dealkylation sites (N-methyl/N-ethyl adjacent to an activating group) is 1. The number of aliphatic hydroxyl groups is 1. The van der Waals surface area contributed by atoms with Crippen LogP contribution in [0.25, 0.3) is 0 Å². The summed E-state index contributed by atoms with van der Waals surface area (Å²) in [6.07, 6.45) is 4.88. The highest BCUT2D eigenvalue weighted by Gasteiger charge is 2.24. The number of carbonyl (C=O) groups excluding carboxylic acids is 1. The van der Waals surface area contributed by atoms with Gasteiger partial charge in [-0.15, -0.1) is 0 Å². The summed E-state index contributed by atoms with van der Waals surface area (Å²) in [6, 6.07) is 0. The second kappa shape index (κ2) is 9.18. The molecule has 0 saturated carbocycles. The molecule has 0 spiro atoms. The fourth-order valence-corrected chi connectivity index (χ4v) is 1.69. The van der Waals surface area contributed by atoms with E-state index in [9.17, 15) is 14.7 Å². The third-order valence-corrected chi connectivity index (χ3v) is 2.45. The van der Waals surface area contributed by atoms with Crippen LogP contribution in [0.15, 0.2) is 24.0 Å². The van der Waals surface area contributed by atoms with Crippen LogP contribution < -0.4 is 0 Å². The Bertz CT molecular complexity index is 407. The number of nitrogens with zero attached hydrogens (tertiary/aromatic N) is 1. The second-order valence-electron chi connectivity index (χ2n) is 5.89. The number of carboxylic acid groups (broad SMARTS) is 1. The van der Waals surface area contributed by atoms with E-state index in [-0.39, 0.29) is 12.2 Å². The maximum Gasteiger partial charge on any atom is 0.335 e. The first-order chi connectivity index (χ1) is 9.64. The van der Waals surface area contributed by atoms with E-state index in [1.807, 2.05) is 28.1 Å². The molecule has 0 saturated heterocycles. The molecule has 0 fully saturated rings. The molecule has 0 aliphatic rings. The van der Waals surface area contributed by atoms with Crippen LogP contribution in [0.2, 0.25) is 0 Å². The van der Waals surface area contributed by atoms with E-state index in [0.717, 1.165) is 18.9 Å². The number of aliphatic hydroxyl groups excluding tert-OH is 1. The summed E-state index contributed by atoms with van der Waals surface area (Å²) in [4.78, 5) is 22.5. The molecule has 21 heavy (non-hydrogen) atoms. The van der Waals surface area contributed by atoms with Gasteiger partial charge in [0, 0.05) is 0 Å². The normalized spacial score (nSPS) is 14.2. The van der Waals surface area contributed by atoms with Crippen LogP contribution in [0.3, 0.4) is 0 Å². The first kappa shape index (κ1) is 19.2. The van der Waals surface area contributed by atoms with Crippen molar-refractivity contribution in [3.63, 3.8) is 0 Å². The van der Waals surface area contributed by atoms with Gasteiger partial charge in [0.05, 0.1) is 33.6 Å². The molecule has 1 unspecified atom stereocenters. The van der Waals surface area contributed by atoms with E-state index < -0.39 is 18.0 Å². The average Bonchev–Trinajstić information content (AvgIpc) is 2.25. The SMILES string of the molecule is CCC/C=C/C(O)=C/C(=O)OC(CC(=O)O)C[N+](C)(C)C. The molecular formula is C15H26NO5+. The monoisotopic (exact) mass is 300 g/mol. The molecule has 0 aliphatic heterocycles. The molecule has 0 heterocycles. The fourth-order valence-electron chi connectivity index (χ4n) is 1.69. The zero-order chi connectivity index (χ0) is 16.5. The summed E-state index contributed by atoms with van der Waals surface area (Å²) in [5, 5.41) is 18.4. The lowest BCUT2D eigenvalue weighted by Gasteiger charge is -2.28. The second-order valence-corrected chi connectivity index (χ2v) is 5.89. The first-order valence-electron chi connectivity index (χ1n) is 6.94. The lowest BCUT2D eigenvalue weighted by molar-refractivity contribution is -0.873. The van der Waals surface area contributed by atoms with Crippen molar-refractivity contribution in [2.75, 3.05) is 27.7 Å². The maximum atomic E-state index is 11.7. The highest BCUT2D eigenvalue weighted by atomic mass is 16.5. The van der Waals surface area contributed by atoms with Crippen molar-refractivity contribution in [2.24, 2.45) is 0 Å². The van der Waals surface area contributed by atoms with Gasteiger partial charge in [0.1, 0.15) is 12.3 Å². The minimum atomic E-state index is -1.03. The minimum Gasteiger partial charge on any atom is -0.508 e. The Morgan fingerprint density at radius 3 is 2.33 bits per heavy atom. The van der Waals surface area contributed by atoms with Crippen molar-refractivity contribution in [1.82, 2.24) is 0 Å². The zero-order valence-electron chi connectivity index (χ0n) is 13.2. The number of unbranched alkanes of at least 4 members (excludes halogenated alkanes) is 1. The molecule has 0 radical (unpaired) electrons. The lowest BCUT2D eigenvalue weighted by atomic mass is 10.2. The Hall–Kier alpha value is -1.82. The third kappa shape index (κ3) is 11.7. The Labute approximate surface area is 125 Å². The average molecular weight is 300 g/mol. The van der Waals surface area contributed by atoms with E-state index in [0.29, 0.717) is 11.0 Å². The Balaban J connectivity index is 4.65. The molecule has 120 valence electrons. The Kier molecular flexibility index (Phi) is 8.38. The number of hydrogen-bond acceptors (Lipinski definition) is 4. The smallest absolute Gasteiger partial charge is 0.335 e. The summed E-state index contributed by atoms with van der Waals surface area (Å²) in [5.41, 5.74) is 0. The maximum absolute atomic E-state index is 11.7. The van der Waals surface area contributed by atoms with Gasteiger partial charge in [0.15, 0.2) is 6.10 Å².